The van der Waals surface area contributed by atoms with Crippen molar-refractivity contribution in [3.63, 3.8) is 0 Å². The summed E-state index contributed by atoms with van der Waals surface area (Å²) in [6.07, 6.45) is -1.53. The molecule has 2 aromatic carbocycles. The number of nitrogens with zero attached hydrogens (tertiary/aromatic N) is 2. The lowest BCUT2D eigenvalue weighted by Gasteiger charge is -2.13. The van der Waals surface area contributed by atoms with Gasteiger partial charge in [0.15, 0.2) is 0 Å². The first-order valence-corrected chi connectivity index (χ1v) is 9.54. The molecule has 28 heavy (non-hydrogen) atoms. The van der Waals surface area contributed by atoms with Crippen molar-refractivity contribution >= 4 is 27.3 Å². The fourth-order valence-corrected chi connectivity index (χ4v) is 3.62. The first-order valence-electron chi connectivity index (χ1n) is 7.68. The Balaban J connectivity index is 1.88. The van der Waals surface area contributed by atoms with Gasteiger partial charge in [-0.25, -0.2) is 13.4 Å². The number of aromatic nitrogens is 2. The summed E-state index contributed by atoms with van der Waals surface area (Å²) in [5, 5.41) is 0.272. The fraction of sp³-hybridized carbons (Fsp3) is 0.118. The number of ether oxygens (including phenoxy) is 1. The van der Waals surface area contributed by atoms with E-state index in [-0.39, 0.29) is 15.7 Å². The molecule has 0 fully saturated rings. The molecule has 0 saturated heterocycles. The van der Waals surface area contributed by atoms with Crippen molar-refractivity contribution in [1.82, 2.24) is 9.55 Å². The molecule has 0 radical (unpaired) electrons. The number of nitrogens with one attached hydrogen (secondary N) is 1. The van der Waals surface area contributed by atoms with Crippen LogP contribution in [0.3, 0.4) is 0 Å². The van der Waals surface area contributed by atoms with Crippen LogP contribution in [0.15, 0.2) is 59.9 Å². The van der Waals surface area contributed by atoms with Crippen molar-refractivity contribution in [2.45, 2.75) is 11.1 Å². The SMILES string of the molecule is COc1cc(NS(=O)(=O)c2ccc(C(F)(F)F)cc2)ccc1-n1cnc(Cl)c1. The molecule has 0 aliphatic carbocycles. The molecule has 148 valence electrons. The van der Waals surface area contributed by atoms with E-state index in [0.717, 1.165) is 12.1 Å². The van der Waals surface area contributed by atoms with Crippen molar-refractivity contribution in [2.75, 3.05) is 11.8 Å². The molecule has 0 amide bonds. The predicted octanol–water partition coefficient (Wildman–Crippen LogP) is 4.35. The van der Waals surface area contributed by atoms with E-state index in [4.69, 9.17) is 16.3 Å². The van der Waals surface area contributed by atoms with Gasteiger partial charge < -0.3 is 9.30 Å². The molecule has 11 heteroatoms. The van der Waals surface area contributed by atoms with Crippen LogP contribution in [0.25, 0.3) is 5.69 Å². The highest BCUT2D eigenvalue weighted by molar-refractivity contribution is 7.92. The zero-order chi connectivity index (χ0) is 20.5. The second kappa shape index (κ2) is 7.36. The molecule has 0 atom stereocenters. The summed E-state index contributed by atoms with van der Waals surface area (Å²) in [6, 6.07) is 7.70. The lowest BCUT2D eigenvalue weighted by molar-refractivity contribution is -0.137. The Morgan fingerprint density at radius 2 is 1.82 bits per heavy atom. The fourth-order valence-electron chi connectivity index (χ4n) is 2.42. The van der Waals surface area contributed by atoms with Crippen molar-refractivity contribution in [3.05, 3.63) is 65.7 Å². The van der Waals surface area contributed by atoms with Gasteiger partial charge in [0.2, 0.25) is 0 Å². The highest BCUT2D eigenvalue weighted by Gasteiger charge is 2.30. The molecule has 0 saturated carbocycles. The number of benzene rings is 2. The van der Waals surface area contributed by atoms with Crippen molar-refractivity contribution in [3.8, 4) is 11.4 Å². The Morgan fingerprint density at radius 1 is 1.14 bits per heavy atom. The standard InChI is InChI=1S/C17H13ClF3N3O3S/c1-27-15-8-12(4-7-14(15)24-9-16(18)22-10-24)23-28(25,26)13-5-2-11(3-6-13)17(19,20)21/h2-10,23H,1H3. The Morgan fingerprint density at radius 3 is 2.36 bits per heavy atom. The molecule has 0 spiro atoms. The molecule has 1 aromatic heterocycles. The normalized spacial score (nSPS) is 12.0. The number of sulfonamides is 1. The Kier molecular flexibility index (Phi) is 5.26. The first-order chi connectivity index (χ1) is 13.1. The molecule has 6 nitrogen and oxygen atoms in total. The third kappa shape index (κ3) is 4.23. The number of hydrogen-bond acceptors (Lipinski definition) is 4. The number of hydrogen-bond donors (Lipinski definition) is 1. The molecule has 0 bridgehead atoms. The summed E-state index contributed by atoms with van der Waals surface area (Å²) in [4.78, 5) is 3.59. The van der Waals surface area contributed by atoms with Crippen LogP contribution in [0.4, 0.5) is 18.9 Å². The number of rotatable bonds is 5. The van der Waals surface area contributed by atoms with Crippen molar-refractivity contribution in [2.24, 2.45) is 0 Å². The molecule has 0 aliphatic heterocycles. The third-order valence-electron chi connectivity index (χ3n) is 3.75. The highest BCUT2D eigenvalue weighted by atomic mass is 35.5. The van der Waals surface area contributed by atoms with Gasteiger partial charge in [-0.3, -0.25) is 4.72 Å². The summed E-state index contributed by atoms with van der Waals surface area (Å²) < 4.78 is 72.0. The maximum Gasteiger partial charge on any atom is 0.416 e. The van der Waals surface area contributed by atoms with Crippen LogP contribution in [0.2, 0.25) is 5.15 Å². The molecule has 0 unspecified atom stereocenters. The van der Waals surface area contributed by atoms with E-state index in [2.05, 4.69) is 9.71 Å². The van der Waals surface area contributed by atoms with Gasteiger partial charge in [0.1, 0.15) is 17.2 Å². The molecule has 1 heterocycles. The number of alkyl halides is 3. The highest BCUT2D eigenvalue weighted by Crippen LogP contribution is 2.31. The van der Waals surface area contributed by atoms with Crippen molar-refractivity contribution < 1.29 is 26.3 Å². The van der Waals surface area contributed by atoms with Gasteiger partial charge in [0, 0.05) is 12.3 Å². The quantitative estimate of drug-likeness (QED) is 0.651. The van der Waals surface area contributed by atoms with E-state index >= 15 is 0 Å². The smallest absolute Gasteiger partial charge is 0.416 e. The van der Waals surface area contributed by atoms with Gasteiger partial charge in [-0.05, 0) is 36.4 Å². The molecule has 1 N–H and O–H groups in total. The van der Waals surface area contributed by atoms with Gasteiger partial charge in [-0.1, -0.05) is 11.6 Å². The Bertz CT molecular complexity index is 1100. The van der Waals surface area contributed by atoms with Crippen LogP contribution in [-0.4, -0.2) is 25.1 Å². The van der Waals surface area contributed by atoms with Crippen LogP contribution in [0, 0.1) is 0 Å². The van der Waals surface area contributed by atoms with E-state index < -0.39 is 21.8 Å². The van der Waals surface area contributed by atoms with Crippen LogP contribution < -0.4 is 9.46 Å². The Labute approximate surface area is 163 Å². The number of halogens is 4. The van der Waals surface area contributed by atoms with E-state index in [1.54, 1.807) is 16.8 Å². The molecular weight excluding hydrogens is 419 g/mol. The lowest BCUT2D eigenvalue weighted by Crippen LogP contribution is -2.14. The zero-order valence-corrected chi connectivity index (χ0v) is 15.8. The van der Waals surface area contributed by atoms with Gasteiger partial charge >= 0.3 is 6.18 Å². The maximum absolute atomic E-state index is 12.6. The number of methoxy groups -OCH3 is 1. The first kappa shape index (κ1) is 20.0. The summed E-state index contributed by atoms with van der Waals surface area (Å²) >= 11 is 5.80. The van der Waals surface area contributed by atoms with Crippen LogP contribution in [0.5, 0.6) is 5.75 Å². The number of anilines is 1. The van der Waals surface area contributed by atoms with Gasteiger partial charge in [0.05, 0.1) is 28.9 Å². The second-order valence-electron chi connectivity index (χ2n) is 5.62. The summed E-state index contributed by atoms with van der Waals surface area (Å²) in [5.41, 5.74) is -0.192. The molecule has 3 aromatic rings. The lowest BCUT2D eigenvalue weighted by atomic mass is 10.2. The minimum atomic E-state index is -4.55. The van der Waals surface area contributed by atoms with Crippen LogP contribution in [0.1, 0.15) is 5.56 Å². The monoisotopic (exact) mass is 431 g/mol. The van der Waals surface area contributed by atoms with E-state index in [0.29, 0.717) is 23.6 Å². The molecular formula is C17H13ClF3N3O3S. The van der Waals surface area contributed by atoms with Crippen molar-refractivity contribution in [1.29, 1.82) is 0 Å². The maximum atomic E-state index is 12.6. The van der Waals surface area contributed by atoms with E-state index in [1.165, 1.54) is 25.6 Å². The minimum Gasteiger partial charge on any atom is -0.494 e. The second-order valence-corrected chi connectivity index (χ2v) is 7.69. The van der Waals surface area contributed by atoms with Crippen LogP contribution >= 0.6 is 11.6 Å². The zero-order valence-electron chi connectivity index (χ0n) is 14.2. The largest absolute Gasteiger partial charge is 0.494 e. The van der Waals surface area contributed by atoms with Crippen LogP contribution in [-0.2, 0) is 16.2 Å². The van der Waals surface area contributed by atoms with E-state index in [9.17, 15) is 21.6 Å². The average Bonchev–Trinajstić information content (AvgIpc) is 3.07. The number of imidazole rings is 1. The average molecular weight is 432 g/mol. The summed E-state index contributed by atoms with van der Waals surface area (Å²) in [5.74, 6) is 0.335. The van der Waals surface area contributed by atoms with Gasteiger partial charge in [0.25, 0.3) is 10.0 Å². The van der Waals surface area contributed by atoms with Gasteiger partial charge in [-0.15, -0.1) is 0 Å². The summed E-state index contributed by atoms with van der Waals surface area (Å²) in [6.45, 7) is 0. The predicted molar refractivity (Wildman–Crippen MR) is 97.4 cm³/mol. The summed E-state index contributed by atoms with van der Waals surface area (Å²) in [7, 11) is -2.68. The Hall–Kier alpha value is -2.72. The third-order valence-corrected chi connectivity index (χ3v) is 5.35. The molecule has 3 rings (SSSR count). The van der Waals surface area contributed by atoms with Gasteiger partial charge in [-0.2, -0.15) is 13.2 Å². The van der Waals surface area contributed by atoms with E-state index in [1.807, 2.05) is 0 Å². The molecule has 0 aliphatic rings. The topological polar surface area (TPSA) is 73.2 Å². The minimum absolute atomic E-state index is 0.173.